The molecule has 0 saturated heterocycles. The van der Waals surface area contributed by atoms with E-state index in [1.807, 2.05) is 6.92 Å². The molecular weight excluding hydrogens is 308 g/mol. The number of nitrogens with two attached hydrogens (primary N) is 1. The molecule has 4 nitrogen and oxygen atoms in total. The Morgan fingerprint density at radius 3 is 2.29 bits per heavy atom. The molecule has 0 fully saturated rings. The molecule has 21 heavy (non-hydrogen) atoms. The Morgan fingerprint density at radius 1 is 1.24 bits per heavy atom. The van der Waals surface area contributed by atoms with Crippen molar-refractivity contribution < 1.29 is 8.42 Å². The van der Waals surface area contributed by atoms with Gasteiger partial charge in [0, 0.05) is 18.8 Å². The molecule has 0 atom stereocenters. The van der Waals surface area contributed by atoms with Gasteiger partial charge in [-0.2, -0.15) is 4.31 Å². The van der Waals surface area contributed by atoms with E-state index in [4.69, 9.17) is 17.3 Å². The summed E-state index contributed by atoms with van der Waals surface area (Å²) in [5.74, 6) is 0.348. The first-order valence-electron chi connectivity index (χ1n) is 7.33. The van der Waals surface area contributed by atoms with Crippen molar-refractivity contribution in [3.8, 4) is 0 Å². The van der Waals surface area contributed by atoms with E-state index in [9.17, 15) is 8.42 Å². The first kappa shape index (κ1) is 18.3. The van der Waals surface area contributed by atoms with Gasteiger partial charge in [0.25, 0.3) is 0 Å². The van der Waals surface area contributed by atoms with E-state index < -0.39 is 10.0 Å². The second-order valence-corrected chi connectivity index (χ2v) is 7.59. The van der Waals surface area contributed by atoms with Gasteiger partial charge in [0.2, 0.25) is 10.0 Å². The number of sulfonamides is 1. The molecule has 0 bridgehead atoms. The van der Waals surface area contributed by atoms with E-state index in [0.717, 1.165) is 18.4 Å². The van der Waals surface area contributed by atoms with Crippen LogP contribution in [0.1, 0.15) is 39.2 Å². The van der Waals surface area contributed by atoms with Gasteiger partial charge in [-0.15, -0.1) is 0 Å². The molecule has 0 amide bonds. The van der Waals surface area contributed by atoms with Crippen molar-refractivity contribution in [2.24, 2.45) is 5.92 Å². The molecule has 6 heteroatoms. The van der Waals surface area contributed by atoms with Crippen LogP contribution in [0, 0.1) is 12.8 Å². The number of hydrogen-bond donors (Lipinski definition) is 1. The summed E-state index contributed by atoms with van der Waals surface area (Å²) in [5.41, 5.74) is 7.06. The van der Waals surface area contributed by atoms with Crippen LogP contribution in [0.5, 0.6) is 0 Å². The van der Waals surface area contributed by atoms with Gasteiger partial charge in [-0.1, -0.05) is 45.2 Å². The van der Waals surface area contributed by atoms with Gasteiger partial charge < -0.3 is 5.73 Å². The number of benzene rings is 1. The molecule has 1 rings (SSSR count). The summed E-state index contributed by atoms with van der Waals surface area (Å²) in [6.45, 7) is 8.72. The number of nitrogens with zero attached hydrogens (tertiary/aromatic N) is 1. The Kier molecular flexibility index (Phi) is 6.50. The number of anilines is 1. The molecule has 2 N–H and O–H groups in total. The topological polar surface area (TPSA) is 63.4 Å². The lowest BCUT2D eigenvalue weighted by atomic mass is 10.0. The Balaban J connectivity index is 3.22. The fourth-order valence-electron chi connectivity index (χ4n) is 2.24. The number of rotatable bonds is 7. The van der Waals surface area contributed by atoms with Gasteiger partial charge in [0.15, 0.2) is 0 Å². The summed E-state index contributed by atoms with van der Waals surface area (Å²) in [5, 5.41) is 0.227. The van der Waals surface area contributed by atoms with Crippen molar-refractivity contribution in [1.82, 2.24) is 4.31 Å². The SMILES string of the molecule is CCC(CC)CN(CC)S(=O)(=O)c1cc(N)c(C)cc1Cl. The van der Waals surface area contributed by atoms with Crippen LogP contribution in [-0.2, 0) is 10.0 Å². The normalized spacial score (nSPS) is 12.3. The van der Waals surface area contributed by atoms with Gasteiger partial charge in [-0.3, -0.25) is 0 Å². The van der Waals surface area contributed by atoms with Crippen LogP contribution in [0.25, 0.3) is 0 Å². The summed E-state index contributed by atoms with van der Waals surface area (Å²) < 4.78 is 27.1. The lowest BCUT2D eigenvalue weighted by Gasteiger charge is -2.25. The second kappa shape index (κ2) is 7.47. The minimum absolute atomic E-state index is 0.0973. The quantitative estimate of drug-likeness (QED) is 0.775. The van der Waals surface area contributed by atoms with Crippen molar-refractivity contribution in [2.45, 2.75) is 45.4 Å². The zero-order valence-corrected chi connectivity index (χ0v) is 14.8. The minimum Gasteiger partial charge on any atom is -0.398 e. The van der Waals surface area contributed by atoms with Crippen LogP contribution in [0.15, 0.2) is 17.0 Å². The average Bonchev–Trinajstić information content (AvgIpc) is 2.43. The highest BCUT2D eigenvalue weighted by atomic mass is 35.5. The van der Waals surface area contributed by atoms with Crippen LogP contribution in [0.3, 0.4) is 0 Å². The van der Waals surface area contributed by atoms with Crippen LogP contribution in [0.2, 0.25) is 5.02 Å². The van der Waals surface area contributed by atoms with E-state index in [-0.39, 0.29) is 9.92 Å². The molecule has 0 saturated carbocycles. The highest BCUT2D eigenvalue weighted by molar-refractivity contribution is 7.89. The summed E-state index contributed by atoms with van der Waals surface area (Å²) in [6, 6.07) is 3.07. The largest absolute Gasteiger partial charge is 0.398 e. The minimum atomic E-state index is -3.61. The van der Waals surface area contributed by atoms with Crippen molar-refractivity contribution in [3.05, 3.63) is 22.7 Å². The van der Waals surface area contributed by atoms with Crippen molar-refractivity contribution >= 4 is 27.3 Å². The maximum absolute atomic E-state index is 12.8. The zero-order chi connectivity index (χ0) is 16.2. The molecule has 0 unspecified atom stereocenters. The molecule has 0 heterocycles. The van der Waals surface area contributed by atoms with E-state index in [1.54, 1.807) is 13.0 Å². The molecule has 0 spiro atoms. The summed E-state index contributed by atoms with van der Waals surface area (Å²) in [4.78, 5) is 0.0973. The van der Waals surface area contributed by atoms with Crippen LogP contribution in [-0.4, -0.2) is 25.8 Å². The standard InChI is InChI=1S/C15H25ClN2O2S/c1-5-12(6-2)10-18(7-3)21(19,20)15-9-14(17)11(4)8-13(15)16/h8-9,12H,5-7,10,17H2,1-4H3. The van der Waals surface area contributed by atoms with E-state index in [2.05, 4.69) is 13.8 Å². The van der Waals surface area contributed by atoms with Crippen molar-refractivity contribution in [3.63, 3.8) is 0 Å². The predicted molar refractivity (Wildman–Crippen MR) is 89.1 cm³/mol. The summed E-state index contributed by atoms with van der Waals surface area (Å²) >= 11 is 6.13. The van der Waals surface area contributed by atoms with Crippen molar-refractivity contribution in [1.29, 1.82) is 0 Å². The lowest BCUT2D eigenvalue weighted by molar-refractivity contribution is 0.339. The molecule has 120 valence electrons. The molecule has 0 aliphatic heterocycles. The van der Waals surface area contributed by atoms with Crippen LogP contribution < -0.4 is 5.73 Å². The fourth-order valence-corrected chi connectivity index (χ4v) is 4.35. The van der Waals surface area contributed by atoms with Crippen molar-refractivity contribution in [2.75, 3.05) is 18.8 Å². The zero-order valence-electron chi connectivity index (χ0n) is 13.2. The number of nitrogen functional groups attached to an aromatic ring is 1. The van der Waals surface area contributed by atoms with E-state index in [0.29, 0.717) is 24.7 Å². The Bertz CT molecular complexity index is 584. The highest BCUT2D eigenvalue weighted by Crippen LogP contribution is 2.29. The number of halogens is 1. The Labute approximate surface area is 133 Å². The highest BCUT2D eigenvalue weighted by Gasteiger charge is 2.27. The molecule has 0 aliphatic carbocycles. The molecule has 0 aliphatic rings. The maximum Gasteiger partial charge on any atom is 0.244 e. The van der Waals surface area contributed by atoms with E-state index >= 15 is 0 Å². The van der Waals surface area contributed by atoms with Gasteiger partial charge >= 0.3 is 0 Å². The maximum atomic E-state index is 12.8. The van der Waals surface area contributed by atoms with E-state index in [1.165, 1.54) is 10.4 Å². The molecule has 1 aromatic rings. The van der Waals surface area contributed by atoms with Gasteiger partial charge in [0.05, 0.1) is 5.02 Å². The number of hydrogen-bond acceptors (Lipinski definition) is 3. The third kappa shape index (κ3) is 4.11. The average molecular weight is 333 g/mol. The number of aryl methyl sites for hydroxylation is 1. The predicted octanol–water partition coefficient (Wildman–Crippen LogP) is 3.68. The lowest BCUT2D eigenvalue weighted by Crippen LogP contribution is -2.35. The Hall–Kier alpha value is -0.780. The van der Waals surface area contributed by atoms with Crippen LogP contribution >= 0.6 is 11.6 Å². The molecular formula is C15H25ClN2O2S. The summed E-state index contributed by atoms with van der Waals surface area (Å²) in [6.07, 6.45) is 1.90. The molecule has 0 radical (unpaired) electrons. The summed E-state index contributed by atoms with van der Waals surface area (Å²) in [7, 11) is -3.61. The third-order valence-corrected chi connectivity index (χ3v) is 6.31. The smallest absolute Gasteiger partial charge is 0.244 e. The molecule has 1 aromatic carbocycles. The first-order valence-corrected chi connectivity index (χ1v) is 9.15. The monoisotopic (exact) mass is 332 g/mol. The third-order valence-electron chi connectivity index (χ3n) is 3.91. The Morgan fingerprint density at radius 2 is 1.81 bits per heavy atom. The van der Waals surface area contributed by atoms with Gasteiger partial charge in [0.1, 0.15) is 4.90 Å². The second-order valence-electron chi connectivity index (χ2n) is 5.28. The van der Waals surface area contributed by atoms with Crippen LogP contribution in [0.4, 0.5) is 5.69 Å². The fraction of sp³-hybridized carbons (Fsp3) is 0.600. The van der Waals surface area contributed by atoms with Gasteiger partial charge in [-0.05, 0) is 30.5 Å². The molecule has 0 aromatic heterocycles. The van der Waals surface area contributed by atoms with Gasteiger partial charge in [-0.25, -0.2) is 8.42 Å². The first-order chi connectivity index (χ1) is 9.77.